The number of halogens is 1. The highest BCUT2D eigenvalue weighted by Gasteiger charge is 2.21. The van der Waals surface area contributed by atoms with E-state index in [2.05, 4.69) is 21.2 Å². The van der Waals surface area contributed by atoms with Crippen LogP contribution in [-0.2, 0) is 11.3 Å². The van der Waals surface area contributed by atoms with Gasteiger partial charge in [-0.1, -0.05) is 0 Å². The molecule has 0 spiro atoms. The van der Waals surface area contributed by atoms with Gasteiger partial charge in [-0.15, -0.1) is 0 Å². The largest absolute Gasteiger partial charge is 0.398 e. The fourth-order valence-corrected chi connectivity index (χ4v) is 2.02. The fourth-order valence-electron chi connectivity index (χ4n) is 1.53. The number of anilines is 1. The van der Waals surface area contributed by atoms with Gasteiger partial charge >= 0.3 is 0 Å². The molecule has 1 fully saturated rings. The number of aromatic nitrogens is 1. The average molecular weight is 300 g/mol. The van der Waals surface area contributed by atoms with Crippen molar-refractivity contribution >= 4 is 27.5 Å². The Balaban J connectivity index is 2.01. The van der Waals surface area contributed by atoms with Crippen LogP contribution < -0.4 is 16.6 Å². The van der Waals surface area contributed by atoms with Crippen LogP contribution in [0.15, 0.2) is 21.5 Å². The summed E-state index contributed by atoms with van der Waals surface area (Å²) < 4.78 is 1.68. The van der Waals surface area contributed by atoms with E-state index in [4.69, 9.17) is 5.73 Å². The number of hydrogen-bond acceptors (Lipinski definition) is 3. The Labute approximate surface area is 107 Å². The average Bonchev–Trinajstić information content (AvgIpc) is 3.06. The topological polar surface area (TPSA) is 77.1 Å². The summed E-state index contributed by atoms with van der Waals surface area (Å²) in [6.07, 6.45) is 3.85. The van der Waals surface area contributed by atoms with Crippen molar-refractivity contribution in [2.45, 2.75) is 19.4 Å². The van der Waals surface area contributed by atoms with Crippen molar-refractivity contribution in [3.05, 3.63) is 27.1 Å². The second kappa shape index (κ2) is 4.91. The van der Waals surface area contributed by atoms with Gasteiger partial charge in [0, 0.05) is 18.4 Å². The third-order valence-electron chi connectivity index (χ3n) is 2.66. The first-order valence-corrected chi connectivity index (χ1v) is 6.27. The van der Waals surface area contributed by atoms with Gasteiger partial charge < -0.3 is 15.6 Å². The Hall–Kier alpha value is -1.30. The summed E-state index contributed by atoms with van der Waals surface area (Å²) in [4.78, 5) is 23.3. The smallest absolute Gasteiger partial charge is 0.265 e. The molecule has 0 radical (unpaired) electrons. The summed E-state index contributed by atoms with van der Waals surface area (Å²) in [6, 6.07) is 1.53. The molecule has 1 aromatic rings. The number of amides is 1. The van der Waals surface area contributed by atoms with Crippen LogP contribution in [0.2, 0.25) is 0 Å². The molecule has 0 aliphatic heterocycles. The molecule has 0 atom stereocenters. The van der Waals surface area contributed by atoms with Crippen molar-refractivity contribution in [3.8, 4) is 0 Å². The van der Waals surface area contributed by atoms with Gasteiger partial charge in [-0.2, -0.15) is 0 Å². The van der Waals surface area contributed by atoms with Gasteiger partial charge in [-0.25, -0.2) is 0 Å². The Morgan fingerprint density at radius 3 is 2.94 bits per heavy atom. The van der Waals surface area contributed by atoms with E-state index in [1.807, 2.05) is 0 Å². The molecule has 1 aliphatic rings. The molecule has 1 aliphatic carbocycles. The van der Waals surface area contributed by atoms with Gasteiger partial charge in [0.15, 0.2) is 0 Å². The van der Waals surface area contributed by atoms with E-state index < -0.39 is 0 Å². The molecule has 3 N–H and O–H groups in total. The second-order valence-electron chi connectivity index (χ2n) is 4.30. The van der Waals surface area contributed by atoms with E-state index in [1.165, 1.54) is 29.7 Å². The number of nitrogens with two attached hydrogens (primary N) is 1. The first kappa shape index (κ1) is 12.2. The lowest BCUT2D eigenvalue weighted by atomic mass is 10.4. The quantitative estimate of drug-likeness (QED) is 0.860. The highest BCUT2D eigenvalue weighted by atomic mass is 79.9. The van der Waals surface area contributed by atoms with Gasteiger partial charge in [-0.3, -0.25) is 9.59 Å². The molecule has 17 heavy (non-hydrogen) atoms. The van der Waals surface area contributed by atoms with E-state index in [1.54, 1.807) is 0 Å². The number of nitrogen functional groups attached to an aromatic ring is 1. The normalized spacial score (nSPS) is 14.6. The predicted octanol–water partition coefficient (Wildman–Crippen LogP) is 0.719. The number of carbonyl (C=O) groups excluding carboxylic acids is 1. The summed E-state index contributed by atoms with van der Waals surface area (Å²) in [5.74, 6) is 0.472. The summed E-state index contributed by atoms with van der Waals surface area (Å²) in [6.45, 7) is 0.715. The molecule has 1 saturated carbocycles. The first-order chi connectivity index (χ1) is 8.06. The highest BCUT2D eigenvalue weighted by molar-refractivity contribution is 9.10. The number of carbonyl (C=O) groups is 1. The van der Waals surface area contributed by atoms with Crippen LogP contribution in [0.25, 0.3) is 0 Å². The van der Waals surface area contributed by atoms with Gasteiger partial charge in [0.05, 0.1) is 4.47 Å². The molecule has 2 rings (SSSR count). The van der Waals surface area contributed by atoms with Crippen molar-refractivity contribution in [1.82, 2.24) is 9.88 Å². The second-order valence-corrected chi connectivity index (χ2v) is 5.16. The van der Waals surface area contributed by atoms with Gasteiger partial charge in [0.25, 0.3) is 5.56 Å². The van der Waals surface area contributed by atoms with Crippen LogP contribution in [0.3, 0.4) is 0 Å². The van der Waals surface area contributed by atoms with Crippen LogP contribution >= 0.6 is 15.9 Å². The highest BCUT2D eigenvalue weighted by Crippen LogP contribution is 2.27. The molecule has 0 saturated heterocycles. The van der Waals surface area contributed by atoms with Gasteiger partial charge in [0.2, 0.25) is 5.91 Å². The number of nitrogens with one attached hydrogen (secondary N) is 1. The number of hydrogen-bond donors (Lipinski definition) is 2. The van der Waals surface area contributed by atoms with E-state index in [9.17, 15) is 9.59 Å². The van der Waals surface area contributed by atoms with Crippen molar-refractivity contribution in [3.63, 3.8) is 0 Å². The Morgan fingerprint density at radius 2 is 2.29 bits per heavy atom. The van der Waals surface area contributed by atoms with Crippen molar-refractivity contribution in [2.75, 3.05) is 12.3 Å². The SMILES string of the molecule is Nc1cc(Br)c(=O)n(CC(=O)NCC2CC2)c1. The maximum atomic E-state index is 11.7. The summed E-state index contributed by atoms with van der Waals surface area (Å²) in [7, 11) is 0. The first-order valence-electron chi connectivity index (χ1n) is 5.48. The minimum Gasteiger partial charge on any atom is -0.398 e. The predicted molar refractivity (Wildman–Crippen MR) is 68.5 cm³/mol. The number of rotatable bonds is 4. The van der Waals surface area contributed by atoms with E-state index in [0.717, 1.165) is 0 Å². The monoisotopic (exact) mass is 299 g/mol. The summed E-state index contributed by atoms with van der Waals surface area (Å²) >= 11 is 3.11. The molecule has 0 bridgehead atoms. The number of pyridine rings is 1. The zero-order chi connectivity index (χ0) is 12.4. The fraction of sp³-hybridized carbons (Fsp3) is 0.455. The Bertz CT molecular complexity index is 494. The lowest BCUT2D eigenvalue weighted by Gasteiger charge is -2.08. The molecule has 0 unspecified atom stereocenters. The van der Waals surface area contributed by atoms with Crippen molar-refractivity contribution < 1.29 is 4.79 Å². The van der Waals surface area contributed by atoms with Crippen LogP contribution in [-0.4, -0.2) is 17.0 Å². The maximum absolute atomic E-state index is 11.7. The Morgan fingerprint density at radius 1 is 1.59 bits per heavy atom. The van der Waals surface area contributed by atoms with E-state index >= 15 is 0 Å². The molecule has 5 nitrogen and oxygen atoms in total. The lowest BCUT2D eigenvalue weighted by molar-refractivity contribution is -0.121. The van der Waals surface area contributed by atoms with Crippen molar-refractivity contribution in [1.29, 1.82) is 0 Å². The molecule has 1 heterocycles. The molecule has 92 valence electrons. The molecular weight excluding hydrogens is 286 g/mol. The summed E-state index contributed by atoms with van der Waals surface area (Å²) in [5, 5.41) is 2.80. The third kappa shape index (κ3) is 3.33. The third-order valence-corrected chi connectivity index (χ3v) is 3.23. The Kier molecular flexibility index (Phi) is 3.51. The molecule has 1 aromatic heterocycles. The number of nitrogens with zero attached hydrogens (tertiary/aromatic N) is 1. The molecule has 6 heteroatoms. The van der Waals surface area contributed by atoms with Crippen LogP contribution in [0.5, 0.6) is 0 Å². The van der Waals surface area contributed by atoms with E-state index in [-0.39, 0.29) is 18.0 Å². The molecule has 1 amide bonds. The van der Waals surface area contributed by atoms with Crippen LogP contribution in [0, 0.1) is 5.92 Å². The van der Waals surface area contributed by atoms with Gasteiger partial charge in [-0.05, 0) is 40.8 Å². The zero-order valence-corrected chi connectivity index (χ0v) is 10.9. The van der Waals surface area contributed by atoms with E-state index in [0.29, 0.717) is 22.6 Å². The van der Waals surface area contributed by atoms with Crippen molar-refractivity contribution in [2.24, 2.45) is 5.92 Å². The van der Waals surface area contributed by atoms with Crippen LogP contribution in [0.4, 0.5) is 5.69 Å². The minimum atomic E-state index is -0.249. The van der Waals surface area contributed by atoms with Gasteiger partial charge in [0.1, 0.15) is 6.54 Å². The lowest BCUT2D eigenvalue weighted by Crippen LogP contribution is -2.33. The molecular formula is C11H14BrN3O2. The standard InChI is InChI=1S/C11H14BrN3O2/c12-9-3-8(13)5-15(11(9)17)6-10(16)14-4-7-1-2-7/h3,5,7H,1-2,4,6,13H2,(H,14,16). The maximum Gasteiger partial charge on any atom is 0.265 e. The minimum absolute atomic E-state index is 0.00912. The zero-order valence-electron chi connectivity index (χ0n) is 9.28. The van der Waals surface area contributed by atoms with Crippen LogP contribution in [0.1, 0.15) is 12.8 Å². The molecule has 0 aromatic carbocycles. The summed E-state index contributed by atoms with van der Waals surface area (Å²) in [5.41, 5.74) is 5.82.